The molecule has 2 aromatic carbocycles. The average Bonchev–Trinajstić information content (AvgIpc) is 2.61. The fourth-order valence-electron chi connectivity index (χ4n) is 1.97. The summed E-state index contributed by atoms with van der Waals surface area (Å²) >= 11 is 0. The Kier molecular flexibility index (Phi) is 4.10. The quantitative estimate of drug-likeness (QED) is 0.793. The van der Waals surface area contributed by atoms with E-state index < -0.39 is 0 Å². The lowest BCUT2D eigenvalue weighted by Gasteiger charge is -2.06. The van der Waals surface area contributed by atoms with Gasteiger partial charge in [0.25, 0.3) is 5.91 Å². The molecule has 0 aliphatic carbocycles. The third kappa shape index (κ3) is 3.29. The Morgan fingerprint density at radius 1 is 0.909 bits per heavy atom. The van der Waals surface area contributed by atoms with Crippen molar-refractivity contribution in [3.05, 3.63) is 72.1 Å². The Morgan fingerprint density at radius 3 is 2.27 bits per heavy atom. The molecule has 1 heterocycles. The highest BCUT2D eigenvalue weighted by Crippen LogP contribution is 2.13. The molecule has 1 aromatic heterocycles. The SMILES string of the molecule is O=C(NCc1ccc(-c2nncnn2)cc1)c1ccccc1. The van der Waals surface area contributed by atoms with E-state index in [4.69, 9.17) is 0 Å². The lowest BCUT2D eigenvalue weighted by molar-refractivity contribution is 0.0951. The first kappa shape index (κ1) is 13.8. The second-order valence-electron chi connectivity index (χ2n) is 4.62. The van der Waals surface area contributed by atoms with Crippen molar-refractivity contribution >= 4 is 5.91 Å². The van der Waals surface area contributed by atoms with Gasteiger partial charge in [0.15, 0.2) is 6.33 Å². The fourth-order valence-corrected chi connectivity index (χ4v) is 1.97. The molecule has 0 saturated heterocycles. The molecule has 0 atom stereocenters. The zero-order valence-corrected chi connectivity index (χ0v) is 11.7. The monoisotopic (exact) mass is 291 g/mol. The normalized spacial score (nSPS) is 10.2. The van der Waals surface area contributed by atoms with Gasteiger partial charge in [-0.2, -0.15) is 0 Å². The van der Waals surface area contributed by atoms with Crippen LogP contribution in [0.3, 0.4) is 0 Å². The first-order valence-electron chi connectivity index (χ1n) is 6.76. The minimum atomic E-state index is -0.0931. The standard InChI is InChI=1S/C16H13N5O/c22-16(14-4-2-1-3-5-14)17-10-12-6-8-13(9-7-12)15-20-18-11-19-21-15/h1-9,11H,10H2,(H,17,22). The number of nitrogens with zero attached hydrogens (tertiary/aromatic N) is 4. The first-order chi connectivity index (χ1) is 10.8. The van der Waals surface area contributed by atoms with Crippen LogP contribution in [0.5, 0.6) is 0 Å². The van der Waals surface area contributed by atoms with Crippen LogP contribution in [0.1, 0.15) is 15.9 Å². The summed E-state index contributed by atoms with van der Waals surface area (Å²) in [5, 5.41) is 18.1. The van der Waals surface area contributed by atoms with Crippen LogP contribution < -0.4 is 5.32 Å². The summed E-state index contributed by atoms with van der Waals surface area (Å²) in [5.41, 5.74) is 2.47. The van der Waals surface area contributed by atoms with Gasteiger partial charge in [0, 0.05) is 17.7 Å². The highest BCUT2D eigenvalue weighted by Gasteiger charge is 2.05. The molecule has 1 amide bonds. The Bertz CT molecular complexity index is 745. The van der Waals surface area contributed by atoms with E-state index in [1.54, 1.807) is 12.1 Å². The van der Waals surface area contributed by atoms with Gasteiger partial charge in [-0.25, -0.2) is 0 Å². The molecule has 3 rings (SSSR count). The Morgan fingerprint density at radius 2 is 1.59 bits per heavy atom. The summed E-state index contributed by atoms with van der Waals surface area (Å²) in [6.07, 6.45) is 1.29. The van der Waals surface area contributed by atoms with Crippen molar-refractivity contribution in [3.8, 4) is 11.4 Å². The minimum Gasteiger partial charge on any atom is -0.348 e. The maximum absolute atomic E-state index is 12.0. The van der Waals surface area contributed by atoms with E-state index >= 15 is 0 Å². The van der Waals surface area contributed by atoms with Gasteiger partial charge in [0.2, 0.25) is 5.82 Å². The number of amides is 1. The number of rotatable bonds is 4. The largest absolute Gasteiger partial charge is 0.348 e. The van der Waals surface area contributed by atoms with E-state index in [-0.39, 0.29) is 5.91 Å². The molecular weight excluding hydrogens is 278 g/mol. The van der Waals surface area contributed by atoms with Crippen molar-refractivity contribution in [1.82, 2.24) is 25.7 Å². The molecule has 0 saturated carbocycles. The molecule has 6 heteroatoms. The Hall–Kier alpha value is -3.15. The highest BCUT2D eigenvalue weighted by atomic mass is 16.1. The molecule has 0 aliphatic rings. The van der Waals surface area contributed by atoms with Crippen LogP contribution in [0.4, 0.5) is 0 Å². The van der Waals surface area contributed by atoms with Gasteiger partial charge in [0.1, 0.15) is 0 Å². The van der Waals surface area contributed by atoms with Crippen LogP contribution in [-0.4, -0.2) is 26.3 Å². The third-order valence-corrected chi connectivity index (χ3v) is 3.11. The van der Waals surface area contributed by atoms with Crippen LogP contribution in [0.25, 0.3) is 11.4 Å². The van der Waals surface area contributed by atoms with Gasteiger partial charge in [-0.05, 0) is 17.7 Å². The van der Waals surface area contributed by atoms with Gasteiger partial charge in [0.05, 0.1) is 0 Å². The maximum atomic E-state index is 12.0. The van der Waals surface area contributed by atoms with Crippen molar-refractivity contribution in [2.45, 2.75) is 6.54 Å². The second kappa shape index (κ2) is 6.53. The lowest BCUT2D eigenvalue weighted by Crippen LogP contribution is -2.22. The molecule has 0 bridgehead atoms. The van der Waals surface area contributed by atoms with Gasteiger partial charge in [-0.1, -0.05) is 42.5 Å². The first-order valence-corrected chi connectivity index (χ1v) is 6.76. The van der Waals surface area contributed by atoms with Gasteiger partial charge in [-0.3, -0.25) is 4.79 Å². The highest BCUT2D eigenvalue weighted by molar-refractivity contribution is 5.94. The molecule has 0 unspecified atom stereocenters. The Balaban J connectivity index is 1.63. The van der Waals surface area contributed by atoms with Gasteiger partial charge < -0.3 is 5.32 Å². The number of hydrogen-bond acceptors (Lipinski definition) is 5. The minimum absolute atomic E-state index is 0.0931. The van der Waals surface area contributed by atoms with Crippen LogP contribution in [0.15, 0.2) is 60.9 Å². The summed E-state index contributed by atoms with van der Waals surface area (Å²) in [6.45, 7) is 0.458. The number of benzene rings is 2. The number of carbonyl (C=O) groups is 1. The summed E-state index contributed by atoms with van der Waals surface area (Å²) in [5.74, 6) is 0.381. The maximum Gasteiger partial charge on any atom is 0.251 e. The molecule has 0 fully saturated rings. The number of carbonyl (C=O) groups excluding carboxylic acids is 1. The molecule has 0 spiro atoms. The topological polar surface area (TPSA) is 80.7 Å². The van der Waals surface area contributed by atoms with Crippen molar-refractivity contribution in [2.24, 2.45) is 0 Å². The molecule has 22 heavy (non-hydrogen) atoms. The number of aromatic nitrogens is 4. The van der Waals surface area contributed by atoms with E-state index in [9.17, 15) is 4.79 Å². The molecule has 0 aliphatic heterocycles. The van der Waals surface area contributed by atoms with E-state index in [1.165, 1.54) is 6.33 Å². The van der Waals surface area contributed by atoms with Crippen molar-refractivity contribution in [1.29, 1.82) is 0 Å². The third-order valence-electron chi connectivity index (χ3n) is 3.11. The molecule has 3 aromatic rings. The van der Waals surface area contributed by atoms with E-state index in [0.29, 0.717) is 17.9 Å². The second-order valence-corrected chi connectivity index (χ2v) is 4.62. The van der Waals surface area contributed by atoms with E-state index in [2.05, 4.69) is 25.7 Å². The zero-order valence-electron chi connectivity index (χ0n) is 11.7. The van der Waals surface area contributed by atoms with Gasteiger partial charge >= 0.3 is 0 Å². The number of hydrogen-bond donors (Lipinski definition) is 1. The van der Waals surface area contributed by atoms with Crippen molar-refractivity contribution in [2.75, 3.05) is 0 Å². The summed E-state index contributed by atoms with van der Waals surface area (Å²) < 4.78 is 0. The van der Waals surface area contributed by atoms with Crippen LogP contribution in [0, 0.1) is 0 Å². The van der Waals surface area contributed by atoms with Crippen LogP contribution >= 0.6 is 0 Å². The van der Waals surface area contributed by atoms with E-state index in [1.807, 2.05) is 42.5 Å². The fraction of sp³-hybridized carbons (Fsp3) is 0.0625. The van der Waals surface area contributed by atoms with Crippen molar-refractivity contribution < 1.29 is 4.79 Å². The molecule has 108 valence electrons. The van der Waals surface area contributed by atoms with Crippen molar-refractivity contribution in [3.63, 3.8) is 0 Å². The van der Waals surface area contributed by atoms with E-state index in [0.717, 1.165) is 11.1 Å². The molecule has 1 N–H and O–H groups in total. The molecule has 0 radical (unpaired) electrons. The van der Waals surface area contributed by atoms with Gasteiger partial charge in [-0.15, -0.1) is 20.4 Å². The van der Waals surface area contributed by atoms with Crippen LogP contribution in [0.2, 0.25) is 0 Å². The zero-order chi connectivity index (χ0) is 15.2. The predicted octanol–water partition coefficient (Wildman–Crippen LogP) is 1.86. The summed E-state index contributed by atoms with van der Waals surface area (Å²) in [4.78, 5) is 12.0. The van der Waals surface area contributed by atoms with Crippen LogP contribution in [-0.2, 0) is 6.54 Å². The number of nitrogens with one attached hydrogen (secondary N) is 1. The summed E-state index contributed by atoms with van der Waals surface area (Å²) in [6, 6.07) is 16.7. The smallest absolute Gasteiger partial charge is 0.251 e. The predicted molar refractivity (Wildman–Crippen MR) is 80.7 cm³/mol. The average molecular weight is 291 g/mol. The lowest BCUT2D eigenvalue weighted by atomic mass is 10.1. The molecule has 6 nitrogen and oxygen atoms in total. The Labute approximate surface area is 127 Å². The molecular formula is C16H13N5O. The summed E-state index contributed by atoms with van der Waals surface area (Å²) in [7, 11) is 0.